The Morgan fingerprint density at radius 1 is 0.923 bits per heavy atom. The minimum Gasteiger partial charge on any atom is -0.497 e. The van der Waals surface area contributed by atoms with E-state index in [9.17, 15) is 14.4 Å². The summed E-state index contributed by atoms with van der Waals surface area (Å²) >= 11 is 0. The lowest BCUT2D eigenvalue weighted by Gasteiger charge is -2.29. The predicted molar refractivity (Wildman–Crippen MR) is 145 cm³/mol. The van der Waals surface area contributed by atoms with Crippen molar-refractivity contribution in [3.05, 3.63) is 77.4 Å². The van der Waals surface area contributed by atoms with Gasteiger partial charge in [0, 0.05) is 18.1 Å². The average Bonchev–Trinajstić information content (AvgIpc) is 3.36. The molecule has 0 bridgehead atoms. The lowest BCUT2D eigenvalue weighted by molar-refractivity contribution is -0.149. The van der Waals surface area contributed by atoms with Crippen molar-refractivity contribution in [2.45, 2.75) is 32.2 Å². The molecule has 204 valence electrons. The quantitative estimate of drug-likeness (QED) is 0.346. The molecule has 1 heterocycles. The highest BCUT2D eigenvalue weighted by Crippen LogP contribution is 2.44. The number of carbonyl (C=O) groups is 3. The molecule has 0 N–H and O–H groups in total. The normalized spacial score (nSPS) is 19.4. The maximum atomic E-state index is 13.3. The van der Waals surface area contributed by atoms with Crippen molar-refractivity contribution >= 4 is 29.6 Å². The molecule has 1 aliphatic carbocycles. The van der Waals surface area contributed by atoms with Crippen LogP contribution in [0.3, 0.4) is 0 Å². The second kappa shape index (κ2) is 12.9. The summed E-state index contributed by atoms with van der Waals surface area (Å²) in [4.78, 5) is 36.9. The molecule has 2 aromatic carbocycles. The van der Waals surface area contributed by atoms with E-state index >= 15 is 0 Å². The number of carbonyl (C=O) groups excluding carboxylic acids is 3. The van der Waals surface area contributed by atoms with Crippen molar-refractivity contribution in [1.82, 2.24) is 5.01 Å². The lowest BCUT2D eigenvalue weighted by Crippen LogP contribution is -2.34. The second-order valence-electron chi connectivity index (χ2n) is 9.08. The summed E-state index contributed by atoms with van der Waals surface area (Å²) in [5.74, 6) is -0.464. The van der Waals surface area contributed by atoms with Crippen molar-refractivity contribution in [3.8, 4) is 11.5 Å². The summed E-state index contributed by atoms with van der Waals surface area (Å²) < 4.78 is 20.4. The number of rotatable bonds is 9. The first-order valence-electron chi connectivity index (χ1n) is 12.8. The number of ether oxygens (including phenoxy) is 4. The number of methoxy groups -OCH3 is 2. The van der Waals surface area contributed by atoms with E-state index in [1.807, 2.05) is 48.5 Å². The SMILES string of the molecule is CCOC(=O)/C=C/C(=O)OCC(=O)N1N=C2/C(=C\c3ccc(OC)cc3)CCC[C@@H]2[C@@H]1c1ccc(OC)cc1. The van der Waals surface area contributed by atoms with E-state index in [-0.39, 0.29) is 18.6 Å². The van der Waals surface area contributed by atoms with Gasteiger partial charge in [0.05, 0.1) is 32.6 Å². The van der Waals surface area contributed by atoms with Gasteiger partial charge in [0.15, 0.2) is 6.61 Å². The molecule has 2 atom stereocenters. The Balaban J connectivity index is 1.59. The number of benzene rings is 2. The van der Waals surface area contributed by atoms with Crippen LogP contribution in [0.15, 0.2) is 71.4 Å². The zero-order valence-corrected chi connectivity index (χ0v) is 22.3. The third kappa shape index (κ3) is 6.73. The third-order valence-electron chi connectivity index (χ3n) is 6.65. The molecule has 0 aromatic heterocycles. The van der Waals surface area contributed by atoms with Crippen molar-refractivity contribution in [2.75, 3.05) is 27.4 Å². The van der Waals surface area contributed by atoms with Gasteiger partial charge in [-0.2, -0.15) is 5.10 Å². The number of esters is 2. The Hall–Kier alpha value is -4.40. The van der Waals surface area contributed by atoms with Gasteiger partial charge in [-0.05, 0) is 73.2 Å². The van der Waals surface area contributed by atoms with Gasteiger partial charge in [0.25, 0.3) is 5.91 Å². The number of allylic oxidation sites excluding steroid dienone is 1. The molecule has 1 fully saturated rings. The average molecular weight is 533 g/mol. The Morgan fingerprint density at radius 3 is 2.15 bits per heavy atom. The largest absolute Gasteiger partial charge is 0.497 e. The number of hydrazone groups is 1. The highest BCUT2D eigenvalue weighted by atomic mass is 16.5. The van der Waals surface area contributed by atoms with Gasteiger partial charge >= 0.3 is 11.9 Å². The fraction of sp³-hybridized carbons (Fsp3) is 0.333. The number of fused-ring (bicyclic) bond motifs is 1. The molecule has 9 heteroatoms. The van der Waals surface area contributed by atoms with Crippen LogP contribution in [0, 0.1) is 5.92 Å². The first kappa shape index (κ1) is 27.6. The van der Waals surface area contributed by atoms with Gasteiger partial charge in [-0.25, -0.2) is 14.6 Å². The number of amides is 1. The maximum Gasteiger partial charge on any atom is 0.331 e. The van der Waals surface area contributed by atoms with Crippen molar-refractivity contribution in [3.63, 3.8) is 0 Å². The van der Waals surface area contributed by atoms with Gasteiger partial charge < -0.3 is 18.9 Å². The molecule has 4 rings (SSSR count). The van der Waals surface area contributed by atoms with E-state index in [0.29, 0.717) is 5.75 Å². The first-order valence-corrected chi connectivity index (χ1v) is 12.8. The molecule has 9 nitrogen and oxygen atoms in total. The van der Waals surface area contributed by atoms with E-state index in [1.54, 1.807) is 21.1 Å². The van der Waals surface area contributed by atoms with E-state index in [2.05, 4.69) is 6.08 Å². The number of hydrogen-bond acceptors (Lipinski definition) is 8. The molecule has 1 saturated carbocycles. The second-order valence-corrected chi connectivity index (χ2v) is 9.08. The van der Waals surface area contributed by atoms with Gasteiger partial charge in [-0.15, -0.1) is 0 Å². The monoisotopic (exact) mass is 532 g/mol. The Labute approximate surface area is 227 Å². The smallest absolute Gasteiger partial charge is 0.331 e. The Bertz CT molecular complexity index is 1280. The van der Waals surface area contributed by atoms with Crippen LogP contribution in [-0.2, 0) is 23.9 Å². The molecule has 0 saturated heterocycles. The highest BCUT2D eigenvalue weighted by molar-refractivity contribution is 6.08. The molecule has 0 spiro atoms. The van der Waals surface area contributed by atoms with Gasteiger partial charge in [-0.3, -0.25) is 4.79 Å². The van der Waals surface area contributed by atoms with Crippen molar-refractivity contribution in [1.29, 1.82) is 0 Å². The van der Waals surface area contributed by atoms with E-state index in [0.717, 1.165) is 59.6 Å². The molecule has 0 radical (unpaired) electrons. The van der Waals surface area contributed by atoms with Crippen LogP contribution in [0.1, 0.15) is 43.4 Å². The van der Waals surface area contributed by atoms with Crippen LogP contribution < -0.4 is 9.47 Å². The first-order chi connectivity index (χ1) is 18.9. The van der Waals surface area contributed by atoms with E-state index in [4.69, 9.17) is 24.0 Å². The minimum atomic E-state index is -0.818. The molecule has 1 aliphatic heterocycles. The van der Waals surface area contributed by atoms with Gasteiger partial charge in [0.1, 0.15) is 11.5 Å². The third-order valence-corrected chi connectivity index (χ3v) is 6.65. The summed E-state index contributed by atoms with van der Waals surface area (Å²) in [5.41, 5.74) is 3.86. The fourth-order valence-corrected chi connectivity index (χ4v) is 4.82. The molecule has 1 amide bonds. The number of nitrogens with zero attached hydrogens (tertiary/aromatic N) is 2. The zero-order chi connectivity index (χ0) is 27.8. The van der Waals surface area contributed by atoms with Crippen LogP contribution in [0.4, 0.5) is 0 Å². The summed E-state index contributed by atoms with van der Waals surface area (Å²) in [7, 11) is 3.23. The van der Waals surface area contributed by atoms with E-state index < -0.39 is 24.5 Å². The topological polar surface area (TPSA) is 104 Å². The van der Waals surface area contributed by atoms with Gasteiger partial charge in [0.2, 0.25) is 0 Å². The Kier molecular flexibility index (Phi) is 9.14. The maximum absolute atomic E-state index is 13.3. The van der Waals surface area contributed by atoms with Crippen LogP contribution in [0.25, 0.3) is 6.08 Å². The van der Waals surface area contributed by atoms with Gasteiger partial charge in [-0.1, -0.05) is 24.3 Å². The summed E-state index contributed by atoms with van der Waals surface area (Å²) in [6.45, 7) is 1.34. The van der Waals surface area contributed by atoms with Crippen LogP contribution in [0.2, 0.25) is 0 Å². The van der Waals surface area contributed by atoms with Crippen LogP contribution in [0.5, 0.6) is 11.5 Å². The van der Waals surface area contributed by atoms with Crippen LogP contribution in [-0.4, -0.2) is 56.0 Å². The number of hydrogen-bond donors (Lipinski definition) is 0. The fourth-order valence-electron chi connectivity index (χ4n) is 4.82. The lowest BCUT2D eigenvalue weighted by atomic mass is 9.77. The highest BCUT2D eigenvalue weighted by Gasteiger charge is 2.43. The molecule has 39 heavy (non-hydrogen) atoms. The van der Waals surface area contributed by atoms with Crippen molar-refractivity contribution in [2.24, 2.45) is 11.0 Å². The molecular formula is C30H32N2O7. The molecule has 2 aromatic rings. The zero-order valence-electron chi connectivity index (χ0n) is 22.3. The molecule has 2 aliphatic rings. The minimum absolute atomic E-state index is 0.0139. The standard InChI is InChI=1S/C30H32N2O7/c1-4-38-27(34)16-17-28(35)39-19-26(33)32-30(21-10-14-24(37-3)15-11-21)25-7-5-6-22(29(25)31-32)18-20-8-12-23(36-2)13-9-20/h8-18,25,30H,4-7,19H2,1-3H3/b17-16+,22-18-/t25-,30-/m0/s1. The molecular weight excluding hydrogens is 500 g/mol. The predicted octanol–water partition coefficient (Wildman–Crippen LogP) is 4.49. The van der Waals surface area contributed by atoms with Crippen LogP contribution >= 0.6 is 0 Å². The summed E-state index contributed by atoms with van der Waals surface area (Å²) in [5, 5.41) is 6.22. The molecule has 0 unspecified atom stereocenters. The van der Waals surface area contributed by atoms with E-state index in [1.165, 1.54) is 5.01 Å². The Morgan fingerprint density at radius 2 is 1.54 bits per heavy atom. The van der Waals surface area contributed by atoms with Crippen molar-refractivity contribution < 1.29 is 33.3 Å². The summed E-state index contributed by atoms with van der Waals surface area (Å²) in [6.07, 6.45) is 6.67. The summed E-state index contributed by atoms with van der Waals surface area (Å²) in [6, 6.07) is 15.0.